The first kappa shape index (κ1) is 18.1. The average molecular weight is 349 g/mol. The predicted octanol–water partition coefficient (Wildman–Crippen LogP) is 3.44. The lowest BCUT2D eigenvalue weighted by Gasteiger charge is -2.17. The third kappa shape index (κ3) is 5.13. The number of rotatable bonds is 5. The van der Waals surface area contributed by atoms with Crippen molar-refractivity contribution in [1.29, 1.82) is 0 Å². The number of benzene rings is 1. The van der Waals surface area contributed by atoms with Crippen LogP contribution in [0.15, 0.2) is 29.6 Å². The highest BCUT2D eigenvalue weighted by molar-refractivity contribution is 7.14. The standard InChI is InChI=1S/C17H20FN3O2S/c1-17(2,3)15(23)19-9-8-14(22)21-16-20-13(10-24-16)11-4-6-12(18)7-5-11/h4-7,10H,8-9H2,1-3H3,(H,19,23)(H,20,21,22). The molecule has 0 aliphatic carbocycles. The zero-order chi connectivity index (χ0) is 17.7. The van der Waals surface area contributed by atoms with E-state index >= 15 is 0 Å². The van der Waals surface area contributed by atoms with Gasteiger partial charge in [-0.25, -0.2) is 9.37 Å². The molecule has 0 atom stereocenters. The van der Waals surface area contributed by atoms with Gasteiger partial charge in [-0.1, -0.05) is 20.8 Å². The molecule has 128 valence electrons. The van der Waals surface area contributed by atoms with Crippen LogP contribution in [0, 0.1) is 11.2 Å². The highest BCUT2D eigenvalue weighted by atomic mass is 32.1. The summed E-state index contributed by atoms with van der Waals surface area (Å²) in [6.45, 7) is 5.72. The molecule has 0 saturated heterocycles. The topological polar surface area (TPSA) is 71.1 Å². The van der Waals surface area contributed by atoms with Crippen LogP contribution < -0.4 is 10.6 Å². The minimum atomic E-state index is -0.476. The van der Waals surface area contributed by atoms with Gasteiger partial charge >= 0.3 is 0 Å². The van der Waals surface area contributed by atoms with Crippen LogP contribution in [-0.4, -0.2) is 23.3 Å². The predicted molar refractivity (Wildman–Crippen MR) is 93.2 cm³/mol. The lowest BCUT2D eigenvalue weighted by Crippen LogP contribution is -2.36. The summed E-state index contributed by atoms with van der Waals surface area (Å²) in [6, 6.07) is 6.01. The number of anilines is 1. The lowest BCUT2D eigenvalue weighted by atomic mass is 9.96. The first-order valence-corrected chi connectivity index (χ1v) is 8.43. The molecule has 0 bridgehead atoms. The quantitative estimate of drug-likeness (QED) is 0.869. The van der Waals surface area contributed by atoms with Crippen LogP contribution in [0.4, 0.5) is 9.52 Å². The summed E-state index contributed by atoms with van der Waals surface area (Å²) in [4.78, 5) is 27.9. The van der Waals surface area contributed by atoms with Crippen LogP contribution in [0.1, 0.15) is 27.2 Å². The number of nitrogens with zero attached hydrogens (tertiary/aromatic N) is 1. The second-order valence-electron chi connectivity index (χ2n) is 6.35. The molecule has 2 N–H and O–H groups in total. The Hall–Kier alpha value is -2.28. The van der Waals surface area contributed by atoms with Gasteiger partial charge in [-0.3, -0.25) is 9.59 Å². The van der Waals surface area contributed by atoms with Crippen LogP contribution in [0.25, 0.3) is 11.3 Å². The maximum absolute atomic E-state index is 12.9. The molecule has 1 heterocycles. The maximum Gasteiger partial charge on any atom is 0.227 e. The van der Waals surface area contributed by atoms with Gasteiger partial charge in [-0.2, -0.15) is 0 Å². The third-order valence-electron chi connectivity index (χ3n) is 3.21. The normalized spacial score (nSPS) is 11.2. The molecule has 0 saturated carbocycles. The Balaban J connectivity index is 1.85. The van der Waals surface area contributed by atoms with Gasteiger partial charge < -0.3 is 10.6 Å². The Labute approximate surface area is 144 Å². The molecule has 2 aromatic rings. The van der Waals surface area contributed by atoms with Crippen LogP contribution in [0.2, 0.25) is 0 Å². The van der Waals surface area contributed by atoms with Crippen LogP contribution in [0.5, 0.6) is 0 Å². The molecule has 0 fully saturated rings. The van der Waals surface area contributed by atoms with Crippen LogP contribution in [0.3, 0.4) is 0 Å². The Morgan fingerprint density at radius 3 is 2.50 bits per heavy atom. The Morgan fingerprint density at radius 1 is 1.21 bits per heavy atom. The molecule has 1 aromatic carbocycles. The Bertz CT molecular complexity index is 720. The molecule has 0 aliphatic rings. The molecule has 1 aromatic heterocycles. The van der Waals surface area contributed by atoms with Crippen molar-refractivity contribution in [3.05, 3.63) is 35.5 Å². The van der Waals surface area contributed by atoms with E-state index in [1.165, 1.54) is 23.5 Å². The van der Waals surface area contributed by atoms with Crippen molar-refractivity contribution >= 4 is 28.3 Å². The van der Waals surface area contributed by atoms with Crippen LogP contribution in [-0.2, 0) is 9.59 Å². The van der Waals surface area contributed by atoms with Crippen molar-refractivity contribution in [3.8, 4) is 11.3 Å². The van der Waals surface area contributed by atoms with Gasteiger partial charge in [0.2, 0.25) is 11.8 Å². The fraction of sp³-hybridized carbons (Fsp3) is 0.353. The molecule has 0 aliphatic heterocycles. The smallest absolute Gasteiger partial charge is 0.227 e. The fourth-order valence-electron chi connectivity index (χ4n) is 1.82. The van der Waals surface area contributed by atoms with Crippen molar-refractivity contribution < 1.29 is 14.0 Å². The maximum atomic E-state index is 12.9. The molecule has 2 rings (SSSR count). The summed E-state index contributed by atoms with van der Waals surface area (Å²) in [5, 5.41) is 7.69. The van der Waals surface area contributed by atoms with Gasteiger partial charge in [0.1, 0.15) is 5.82 Å². The fourth-order valence-corrected chi connectivity index (χ4v) is 2.56. The molecule has 24 heavy (non-hydrogen) atoms. The van der Waals surface area contributed by atoms with Crippen molar-refractivity contribution in [2.75, 3.05) is 11.9 Å². The zero-order valence-electron chi connectivity index (χ0n) is 13.9. The number of nitrogens with one attached hydrogen (secondary N) is 2. The number of hydrogen-bond acceptors (Lipinski definition) is 4. The molecular weight excluding hydrogens is 329 g/mol. The van der Waals surface area contributed by atoms with Gasteiger partial charge in [-0.15, -0.1) is 11.3 Å². The second-order valence-corrected chi connectivity index (χ2v) is 7.21. The molecule has 2 amide bonds. The van der Waals surface area contributed by atoms with Crippen LogP contribution >= 0.6 is 11.3 Å². The van der Waals surface area contributed by atoms with Crippen molar-refractivity contribution in [2.24, 2.45) is 5.41 Å². The Morgan fingerprint density at radius 2 is 1.88 bits per heavy atom. The molecule has 0 spiro atoms. The van der Waals surface area contributed by atoms with Gasteiger partial charge in [0, 0.05) is 29.3 Å². The van der Waals surface area contributed by atoms with Gasteiger partial charge in [-0.05, 0) is 24.3 Å². The van der Waals surface area contributed by atoms with E-state index in [4.69, 9.17) is 0 Å². The first-order chi connectivity index (χ1) is 11.3. The van der Waals surface area contributed by atoms with E-state index in [1.807, 2.05) is 20.8 Å². The number of amides is 2. The average Bonchev–Trinajstić information content (AvgIpc) is 2.95. The molecule has 0 radical (unpaired) electrons. The van der Waals surface area contributed by atoms with E-state index in [2.05, 4.69) is 15.6 Å². The van der Waals surface area contributed by atoms with Crippen molar-refractivity contribution in [2.45, 2.75) is 27.2 Å². The number of aromatic nitrogens is 1. The van der Waals surface area contributed by atoms with Crippen molar-refractivity contribution in [1.82, 2.24) is 10.3 Å². The summed E-state index contributed by atoms with van der Waals surface area (Å²) in [5.41, 5.74) is 0.984. The molecule has 5 nitrogen and oxygen atoms in total. The highest BCUT2D eigenvalue weighted by Gasteiger charge is 2.20. The van der Waals surface area contributed by atoms with Crippen molar-refractivity contribution in [3.63, 3.8) is 0 Å². The largest absolute Gasteiger partial charge is 0.355 e. The van der Waals surface area contributed by atoms with E-state index < -0.39 is 5.41 Å². The van der Waals surface area contributed by atoms with E-state index in [0.717, 1.165) is 5.56 Å². The third-order valence-corrected chi connectivity index (χ3v) is 3.97. The lowest BCUT2D eigenvalue weighted by molar-refractivity contribution is -0.128. The minimum absolute atomic E-state index is 0.0943. The van der Waals surface area contributed by atoms with E-state index in [-0.39, 0.29) is 30.6 Å². The summed E-state index contributed by atoms with van der Waals surface area (Å²) < 4.78 is 12.9. The number of thiazole rings is 1. The summed E-state index contributed by atoms with van der Waals surface area (Å²) in [6.07, 6.45) is 0.174. The number of halogens is 1. The van der Waals surface area contributed by atoms with E-state index in [1.54, 1.807) is 17.5 Å². The van der Waals surface area contributed by atoms with Gasteiger partial charge in [0.25, 0.3) is 0 Å². The molecule has 7 heteroatoms. The minimum Gasteiger partial charge on any atom is -0.355 e. The Kier molecular flexibility index (Phi) is 5.66. The number of carbonyl (C=O) groups is 2. The summed E-state index contributed by atoms with van der Waals surface area (Å²) >= 11 is 1.30. The summed E-state index contributed by atoms with van der Waals surface area (Å²) in [7, 11) is 0. The van der Waals surface area contributed by atoms with E-state index in [9.17, 15) is 14.0 Å². The van der Waals surface area contributed by atoms with E-state index in [0.29, 0.717) is 10.8 Å². The zero-order valence-corrected chi connectivity index (χ0v) is 14.7. The monoisotopic (exact) mass is 349 g/mol. The SMILES string of the molecule is CC(C)(C)C(=O)NCCC(=O)Nc1nc(-c2ccc(F)cc2)cs1. The van der Waals surface area contributed by atoms with Gasteiger partial charge in [0.05, 0.1) is 5.69 Å². The highest BCUT2D eigenvalue weighted by Crippen LogP contribution is 2.25. The number of carbonyl (C=O) groups excluding carboxylic acids is 2. The van der Waals surface area contributed by atoms with Gasteiger partial charge in [0.15, 0.2) is 5.13 Å². The summed E-state index contributed by atoms with van der Waals surface area (Å²) in [5.74, 6) is -0.618. The molecule has 0 unspecified atom stereocenters. The molecular formula is C17H20FN3O2S. The number of hydrogen-bond donors (Lipinski definition) is 2. The first-order valence-electron chi connectivity index (χ1n) is 7.55. The second kappa shape index (κ2) is 7.53.